The van der Waals surface area contributed by atoms with Crippen molar-refractivity contribution in [2.45, 2.75) is 56.6 Å². The zero-order chi connectivity index (χ0) is 26.6. The summed E-state index contributed by atoms with van der Waals surface area (Å²) in [6.45, 7) is 5.62. The van der Waals surface area contributed by atoms with Gasteiger partial charge in [0.15, 0.2) is 0 Å². The summed E-state index contributed by atoms with van der Waals surface area (Å²) in [5.74, 6) is 0.702. The zero-order valence-electron chi connectivity index (χ0n) is 21.7. The average molecular weight is 523 g/mol. The molecule has 0 aromatic heterocycles. The Hall–Kier alpha value is -3.52. The molecule has 0 saturated carbocycles. The summed E-state index contributed by atoms with van der Waals surface area (Å²) < 4.78 is 40.6. The zero-order valence-corrected chi connectivity index (χ0v) is 22.5. The van der Waals surface area contributed by atoms with Crippen molar-refractivity contribution >= 4 is 21.6 Å². The molecule has 0 spiro atoms. The number of hydrogen-bond donors (Lipinski definition) is 1. The molecule has 0 saturated heterocycles. The van der Waals surface area contributed by atoms with Crippen LogP contribution >= 0.6 is 0 Å². The van der Waals surface area contributed by atoms with Crippen molar-refractivity contribution in [3.05, 3.63) is 83.9 Å². The number of nitrogens with one attached hydrogen (secondary N) is 1. The van der Waals surface area contributed by atoms with Crippen molar-refractivity contribution in [3.63, 3.8) is 0 Å². The molecular weight excluding hydrogens is 488 g/mol. The Morgan fingerprint density at radius 3 is 2.41 bits per heavy atom. The lowest BCUT2D eigenvalue weighted by molar-refractivity contribution is -0.121. The standard InChI is InChI=1S/C29H34N2O5S/c1-5-29(6-2)19-24(23-14-10-11-15-26(23)36-29)30-28(32)20-31(25-18-21(3)16-17-27(25)35-4)37(33,34)22-12-8-7-9-13-22/h7-18,24H,5-6,19-20H2,1-4H3,(H,30,32). The highest BCUT2D eigenvalue weighted by Gasteiger charge is 2.39. The number of ether oxygens (including phenoxy) is 2. The first kappa shape index (κ1) is 26.5. The molecule has 1 aliphatic heterocycles. The van der Waals surface area contributed by atoms with Crippen LogP contribution in [0.2, 0.25) is 0 Å². The molecule has 1 N–H and O–H groups in total. The van der Waals surface area contributed by atoms with Crippen molar-refractivity contribution in [2.75, 3.05) is 18.0 Å². The Morgan fingerprint density at radius 1 is 1.05 bits per heavy atom. The lowest BCUT2D eigenvalue weighted by Crippen LogP contribution is -2.47. The smallest absolute Gasteiger partial charge is 0.264 e. The number of nitrogens with zero attached hydrogens (tertiary/aromatic N) is 1. The fourth-order valence-electron chi connectivity index (χ4n) is 4.81. The number of benzene rings is 3. The summed E-state index contributed by atoms with van der Waals surface area (Å²) >= 11 is 0. The van der Waals surface area contributed by atoms with E-state index >= 15 is 0 Å². The van der Waals surface area contributed by atoms with Crippen molar-refractivity contribution in [2.24, 2.45) is 0 Å². The highest BCUT2D eigenvalue weighted by atomic mass is 32.2. The van der Waals surface area contributed by atoms with Crippen LogP contribution in [0.15, 0.2) is 77.7 Å². The predicted molar refractivity (Wildman–Crippen MR) is 145 cm³/mol. The number of rotatable bonds is 9. The maximum Gasteiger partial charge on any atom is 0.264 e. The molecule has 3 aromatic rings. The van der Waals surface area contributed by atoms with Crippen LogP contribution in [0.1, 0.15) is 50.3 Å². The van der Waals surface area contributed by atoms with Crippen LogP contribution in [-0.2, 0) is 14.8 Å². The molecule has 8 heteroatoms. The summed E-state index contributed by atoms with van der Waals surface area (Å²) in [5.41, 5.74) is 1.64. The van der Waals surface area contributed by atoms with Crippen LogP contribution in [0.25, 0.3) is 0 Å². The molecule has 4 rings (SSSR count). The van der Waals surface area contributed by atoms with E-state index in [1.807, 2.05) is 37.3 Å². The quantitative estimate of drug-likeness (QED) is 0.407. The Labute approximate surface area is 219 Å². The van der Waals surface area contributed by atoms with E-state index in [1.165, 1.54) is 19.2 Å². The first-order chi connectivity index (χ1) is 17.7. The highest BCUT2D eigenvalue weighted by Crippen LogP contribution is 2.42. The van der Waals surface area contributed by atoms with Crippen molar-refractivity contribution in [1.82, 2.24) is 5.32 Å². The van der Waals surface area contributed by atoms with E-state index in [2.05, 4.69) is 19.2 Å². The number of hydrogen-bond acceptors (Lipinski definition) is 5. The molecule has 1 atom stereocenters. The average Bonchev–Trinajstić information content (AvgIpc) is 2.92. The van der Waals surface area contributed by atoms with Gasteiger partial charge in [-0.1, -0.05) is 56.3 Å². The number of para-hydroxylation sites is 1. The molecule has 1 heterocycles. The number of carbonyl (C=O) groups excluding carboxylic acids is 1. The number of fused-ring (bicyclic) bond motifs is 1. The van der Waals surface area contributed by atoms with Crippen LogP contribution in [0.5, 0.6) is 11.5 Å². The molecule has 196 valence electrons. The van der Waals surface area contributed by atoms with Crippen LogP contribution in [0, 0.1) is 6.92 Å². The number of anilines is 1. The van der Waals surface area contributed by atoms with Gasteiger partial charge in [-0.3, -0.25) is 9.10 Å². The fraction of sp³-hybridized carbons (Fsp3) is 0.345. The summed E-state index contributed by atoms with van der Waals surface area (Å²) in [7, 11) is -2.58. The first-order valence-electron chi connectivity index (χ1n) is 12.5. The van der Waals surface area contributed by atoms with Crippen molar-refractivity contribution < 1.29 is 22.7 Å². The Bertz CT molecular complexity index is 1350. The van der Waals surface area contributed by atoms with Crippen LogP contribution in [-0.4, -0.2) is 33.6 Å². The number of carbonyl (C=O) groups is 1. The van der Waals surface area contributed by atoms with Gasteiger partial charge in [0, 0.05) is 12.0 Å². The lowest BCUT2D eigenvalue weighted by atomic mass is 9.83. The van der Waals surface area contributed by atoms with Gasteiger partial charge in [-0.2, -0.15) is 0 Å². The van der Waals surface area contributed by atoms with Gasteiger partial charge in [-0.15, -0.1) is 0 Å². The minimum atomic E-state index is -4.06. The second-order valence-corrected chi connectivity index (χ2v) is 11.2. The van der Waals surface area contributed by atoms with E-state index in [4.69, 9.17) is 9.47 Å². The fourth-order valence-corrected chi connectivity index (χ4v) is 6.26. The first-order valence-corrected chi connectivity index (χ1v) is 14.0. The number of methoxy groups -OCH3 is 1. The predicted octanol–water partition coefficient (Wildman–Crippen LogP) is 5.40. The minimum absolute atomic E-state index is 0.0961. The largest absolute Gasteiger partial charge is 0.495 e. The van der Waals surface area contributed by atoms with Gasteiger partial charge in [-0.25, -0.2) is 8.42 Å². The Kier molecular flexibility index (Phi) is 7.78. The van der Waals surface area contributed by atoms with Gasteiger partial charge in [-0.05, 0) is 55.7 Å². The molecule has 3 aromatic carbocycles. The van der Waals surface area contributed by atoms with E-state index in [0.29, 0.717) is 17.9 Å². The topological polar surface area (TPSA) is 84.9 Å². The maximum absolute atomic E-state index is 13.8. The molecule has 7 nitrogen and oxygen atoms in total. The molecule has 1 aliphatic rings. The Morgan fingerprint density at radius 2 is 1.73 bits per heavy atom. The van der Waals surface area contributed by atoms with Crippen LogP contribution in [0.3, 0.4) is 0 Å². The van der Waals surface area contributed by atoms with Crippen molar-refractivity contribution in [1.29, 1.82) is 0 Å². The summed E-state index contributed by atoms with van der Waals surface area (Å²) in [5, 5.41) is 3.11. The third-order valence-corrected chi connectivity index (χ3v) is 8.82. The second-order valence-electron chi connectivity index (χ2n) is 9.35. The molecule has 0 fully saturated rings. The summed E-state index contributed by atoms with van der Waals surface area (Å²) in [4.78, 5) is 13.7. The van der Waals surface area contributed by atoms with E-state index in [0.717, 1.165) is 34.0 Å². The molecular formula is C29H34N2O5S. The number of amides is 1. The highest BCUT2D eigenvalue weighted by molar-refractivity contribution is 7.92. The molecule has 1 amide bonds. The van der Waals surface area contributed by atoms with Gasteiger partial charge in [0.2, 0.25) is 5.91 Å². The summed E-state index contributed by atoms with van der Waals surface area (Å²) in [6, 6.07) is 20.8. The van der Waals surface area contributed by atoms with E-state index in [9.17, 15) is 13.2 Å². The number of sulfonamides is 1. The van der Waals surface area contributed by atoms with Gasteiger partial charge in [0.05, 0.1) is 23.7 Å². The maximum atomic E-state index is 13.8. The normalized spacial score (nSPS) is 16.3. The van der Waals surface area contributed by atoms with E-state index < -0.39 is 28.1 Å². The molecule has 0 radical (unpaired) electrons. The third kappa shape index (κ3) is 5.44. The molecule has 37 heavy (non-hydrogen) atoms. The monoisotopic (exact) mass is 522 g/mol. The van der Waals surface area contributed by atoms with Gasteiger partial charge in [0.25, 0.3) is 10.0 Å². The molecule has 0 aliphatic carbocycles. The Balaban J connectivity index is 1.70. The van der Waals surface area contributed by atoms with E-state index in [-0.39, 0.29) is 10.9 Å². The molecule has 0 bridgehead atoms. The van der Waals surface area contributed by atoms with Crippen LogP contribution < -0.4 is 19.1 Å². The van der Waals surface area contributed by atoms with Gasteiger partial charge < -0.3 is 14.8 Å². The van der Waals surface area contributed by atoms with Crippen molar-refractivity contribution in [3.8, 4) is 11.5 Å². The number of aryl methyl sites for hydroxylation is 1. The van der Waals surface area contributed by atoms with Gasteiger partial charge >= 0.3 is 0 Å². The molecule has 1 unspecified atom stereocenters. The lowest BCUT2D eigenvalue weighted by Gasteiger charge is -2.41. The summed E-state index contributed by atoms with van der Waals surface area (Å²) in [6.07, 6.45) is 2.18. The SMILES string of the molecule is CCC1(CC)CC(NC(=O)CN(c2cc(C)ccc2OC)S(=O)(=O)c2ccccc2)c2ccccc2O1. The van der Waals surface area contributed by atoms with E-state index in [1.54, 1.807) is 30.3 Å². The third-order valence-electron chi connectivity index (χ3n) is 7.04. The van der Waals surface area contributed by atoms with Crippen LogP contribution in [0.4, 0.5) is 5.69 Å². The van der Waals surface area contributed by atoms with Gasteiger partial charge in [0.1, 0.15) is 23.6 Å². The second kappa shape index (κ2) is 10.8. The minimum Gasteiger partial charge on any atom is -0.495 e.